The number of hydrogen-bond donors (Lipinski definition) is 2. The molecule has 0 aromatic heterocycles. The molecule has 0 bridgehead atoms. The summed E-state index contributed by atoms with van der Waals surface area (Å²) in [5.74, 6) is 5.51. The molecule has 5 heteroatoms. The van der Waals surface area contributed by atoms with E-state index in [-0.39, 0.29) is 17.5 Å². The third kappa shape index (κ3) is 3.17. The lowest BCUT2D eigenvalue weighted by molar-refractivity contribution is -0.110. The van der Waals surface area contributed by atoms with E-state index < -0.39 is 0 Å². The zero-order valence-electron chi connectivity index (χ0n) is 12.1. The van der Waals surface area contributed by atoms with Crippen LogP contribution >= 0.6 is 0 Å². The molecule has 1 aliphatic heterocycles. The molecular formula is C15H23FN2O2. The van der Waals surface area contributed by atoms with Crippen LogP contribution in [0.25, 0.3) is 0 Å². The molecule has 1 atom stereocenters. The number of hydrogen-bond acceptors (Lipinski definition) is 4. The van der Waals surface area contributed by atoms with Gasteiger partial charge in [0.15, 0.2) is 0 Å². The molecule has 0 saturated carbocycles. The summed E-state index contributed by atoms with van der Waals surface area (Å²) in [6.45, 7) is 3.30. The van der Waals surface area contributed by atoms with Gasteiger partial charge in [0.1, 0.15) is 5.82 Å². The average Bonchev–Trinajstić information content (AvgIpc) is 2.48. The fourth-order valence-electron chi connectivity index (χ4n) is 2.89. The third-order valence-electron chi connectivity index (χ3n) is 4.32. The van der Waals surface area contributed by atoms with E-state index in [1.807, 2.05) is 6.92 Å². The Morgan fingerprint density at radius 2 is 2.15 bits per heavy atom. The largest absolute Gasteiger partial charge is 0.381 e. The molecule has 0 spiro atoms. The number of ether oxygens (including phenoxy) is 2. The molecule has 0 aliphatic carbocycles. The summed E-state index contributed by atoms with van der Waals surface area (Å²) < 4.78 is 24.6. The average molecular weight is 282 g/mol. The van der Waals surface area contributed by atoms with Crippen LogP contribution in [0, 0.1) is 12.7 Å². The summed E-state index contributed by atoms with van der Waals surface area (Å²) in [4.78, 5) is 0. The first-order valence-corrected chi connectivity index (χ1v) is 6.95. The summed E-state index contributed by atoms with van der Waals surface area (Å²) in [5.41, 5.74) is 4.51. The normalized spacial score (nSPS) is 19.8. The van der Waals surface area contributed by atoms with Crippen molar-refractivity contribution in [3.63, 3.8) is 0 Å². The van der Waals surface area contributed by atoms with Gasteiger partial charge in [-0.15, -0.1) is 0 Å². The zero-order chi connectivity index (χ0) is 14.6. The van der Waals surface area contributed by atoms with Gasteiger partial charge in [-0.3, -0.25) is 11.3 Å². The van der Waals surface area contributed by atoms with Crippen molar-refractivity contribution >= 4 is 0 Å². The van der Waals surface area contributed by atoms with Gasteiger partial charge in [0.2, 0.25) is 0 Å². The highest BCUT2D eigenvalue weighted by molar-refractivity contribution is 5.28. The van der Waals surface area contributed by atoms with Gasteiger partial charge in [0.25, 0.3) is 0 Å². The lowest BCUT2D eigenvalue weighted by Crippen LogP contribution is -2.58. The van der Waals surface area contributed by atoms with Gasteiger partial charge in [-0.25, -0.2) is 4.39 Å². The molecule has 1 fully saturated rings. The molecule has 2 rings (SSSR count). The van der Waals surface area contributed by atoms with Gasteiger partial charge in [-0.2, -0.15) is 0 Å². The molecular weight excluding hydrogens is 259 g/mol. The van der Waals surface area contributed by atoms with Crippen LogP contribution in [0.2, 0.25) is 0 Å². The maximum Gasteiger partial charge on any atom is 0.123 e. The van der Waals surface area contributed by atoms with Crippen LogP contribution in [0.1, 0.15) is 24.0 Å². The van der Waals surface area contributed by atoms with Gasteiger partial charge < -0.3 is 9.47 Å². The number of rotatable bonds is 5. The summed E-state index contributed by atoms with van der Waals surface area (Å²) in [7, 11) is 1.70. The van der Waals surface area contributed by atoms with E-state index >= 15 is 0 Å². The number of nitrogens with one attached hydrogen (secondary N) is 1. The third-order valence-corrected chi connectivity index (χ3v) is 4.32. The lowest BCUT2D eigenvalue weighted by atomic mass is 9.82. The molecule has 1 aliphatic rings. The van der Waals surface area contributed by atoms with Crippen molar-refractivity contribution in [1.29, 1.82) is 0 Å². The molecule has 1 aromatic rings. The number of benzene rings is 1. The van der Waals surface area contributed by atoms with Crippen molar-refractivity contribution in [3.8, 4) is 0 Å². The van der Waals surface area contributed by atoms with Gasteiger partial charge in [-0.05, 0) is 36.6 Å². The Morgan fingerprint density at radius 1 is 1.45 bits per heavy atom. The lowest BCUT2D eigenvalue weighted by Gasteiger charge is -2.42. The predicted molar refractivity (Wildman–Crippen MR) is 75.7 cm³/mol. The highest BCUT2D eigenvalue weighted by Gasteiger charge is 2.40. The summed E-state index contributed by atoms with van der Waals surface area (Å²) in [6.07, 6.45) is 2.20. The van der Waals surface area contributed by atoms with E-state index in [1.54, 1.807) is 19.2 Å². The minimum atomic E-state index is -0.355. The number of hydrazine groups is 1. The first kappa shape index (κ1) is 15.4. The molecule has 3 N–H and O–H groups in total. The Kier molecular flexibility index (Phi) is 5.10. The van der Waals surface area contributed by atoms with E-state index in [0.29, 0.717) is 19.6 Å². The van der Waals surface area contributed by atoms with E-state index in [4.69, 9.17) is 15.3 Å². The molecule has 1 saturated heterocycles. The van der Waals surface area contributed by atoms with Gasteiger partial charge in [0, 0.05) is 33.2 Å². The van der Waals surface area contributed by atoms with Gasteiger partial charge in [-0.1, -0.05) is 6.07 Å². The maximum atomic E-state index is 13.4. The number of nitrogens with two attached hydrogens (primary N) is 1. The van der Waals surface area contributed by atoms with E-state index in [9.17, 15) is 4.39 Å². The van der Waals surface area contributed by atoms with Crippen molar-refractivity contribution in [2.75, 3.05) is 20.3 Å². The second-order valence-electron chi connectivity index (χ2n) is 5.38. The fraction of sp³-hybridized carbons (Fsp3) is 0.600. The number of aryl methyl sites for hydroxylation is 1. The van der Waals surface area contributed by atoms with E-state index in [0.717, 1.165) is 24.0 Å². The van der Waals surface area contributed by atoms with Gasteiger partial charge >= 0.3 is 0 Å². The SMILES string of the molecule is COC1(C(Cc2cc(F)ccc2C)NN)CCOCC1. The molecule has 112 valence electrons. The van der Waals surface area contributed by atoms with Crippen LogP contribution in [-0.4, -0.2) is 32.0 Å². The predicted octanol–water partition coefficient (Wildman–Crippen LogP) is 1.70. The fourth-order valence-corrected chi connectivity index (χ4v) is 2.89. The topological polar surface area (TPSA) is 56.5 Å². The highest BCUT2D eigenvalue weighted by atomic mass is 19.1. The second kappa shape index (κ2) is 6.63. The molecule has 20 heavy (non-hydrogen) atoms. The zero-order valence-corrected chi connectivity index (χ0v) is 12.1. The van der Waals surface area contributed by atoms with Crippen LogP contribution in [0.15, 0.2) is 18.2 Å². The Morgan fingerprint density at radius 3 is 2.75 bits per heavy atom. The minimum Gasteiger partial charge on any atom is -0.381 e. The first-order valence-electron chi connectivity index (χ1n) is 6.95. The van der Waals surface area contributed by atoms with Crippen molar-refractivity contribution in [2.45, 2.75) is 37.8 Å². The van der Waals surface area contributed by atoms with Crippen LogP contribution in [0.3, 0.4) is 0 Å². The number of halogens is 1. The van der Waals surface area contributed by atoms with Crippen LogP contribution in [0.5, 0.6) is 0 Å². The molecule has 0 amide bonds. The summed E-state index contributed by atoms with van der Waals surface area (Å²) in [5, 5.41) is 0. The monoisotopic (exact) mass is 282 g/mol. The molecule has 1 unspecified atom stereocenters. The van der Waals surface area contributed by atoms with Crippen molar-refractivity contribution in [1.82, 2.24) is 5.43 Å². The van der Waals surface area contributed by atoms with Crippen molar-refractivity contribution in [3.05, 3.63) is 35.1 Å². The second-order valence-corrected chi connectivity index (χ2v) is 5.38. The Bertz CT molecular complexity index is 447. The minimum absolute atomic E-state index is 0.0723. The Hall–Kier alpha value is -1.01. The van der Waals surface area contributed by atoms with Crippen molar-refractivity contribution in [2.24, 2.45) is 5.84 Å². The molecule has 1 aromatic carbocycles. The summed E-state index contributed by atoms with van der Waals surface area (Å²) >= 11 is 0. The Labute approximate surface area is 119 Å². The molecule has 4 nitrogen and oxygen atoms in total. The van der Waals surface area contributed by atoms with E-state index in [1.165, 1.54) is 6.07 Å². The molecule has 1 heterocycles. The van der Waals surface area contributed by atoms with Crippen LogP contribution in [0.4, 0.5) is 4.39 Å². The van der Waals surface area contributed by atoms with Gasteiger partial charge in [0.05, 0.1) is 11.6 Å². The standard InChI is InChI=1S/C15H23FN2O2/c1-11-3-4-13(16)9-12(11)10-14(18-17)15(19-2)5-7-20-8-6-15/h3-4,9,14,18H,5-8,10,17H2,1-2H3. The highest BCUT2D eigenvalue weighted by Crippen LogP contribution is 2.30. The van der Waals surface area contributed by atoms with Crippen LogP contribution in [-0.2, 0) is 15.9 Å². The quantitative estimate of drug-likeness (QED) is 0.637. The maximum absolute atomic E-state index is 13.4. The van der Waals surface area contributed by atoms with E-state index in [2.05, 4.69) is 5.43 Å². The Balaban J connectivity index is 2.21. The smallest absolute Gasteiger partial charge is 0.123 e. The molecule has 0 radical (unpaired) electrons. The van der Waals surface area contributed by atoms with Crippen LogP contribution < -0.4 is 11.3 Å². The van der Waals surface area contributed by atoms with Crippen molar-refractivity contribution < 1.29 is 13.9 Å². The number of methoxy groups -OCH3 is 1. The first-order chi connectivity index (χ1) is 9.61. The summed E-state index contributed by atoms with van der Waals surface area (Å²) in [6, 6.07) is 4.77.